The molecule has 4 nitrogen and oxygen atoms in total. The highest BCUT2D eigenvalue weighted by atomic mass is 32.1. The van der Waals surface area contributed by atoms with Gasteiger partial charge in [0.1, 0.15) is 0 Å². The van der Waals surface area contributed by atoms with Crippen LogP contribution in [-0.2, 0) is 6.42 Å². The van der Waals surface area contributed by atoms with Crippen molar-refractivity contribution in [3.63, 3.8) is 0 Å². The molecule has 1 aromatic heterocycles. The normalized spacial score (nSPS) is 26.6. The highest BCUT2D eigenvalue weighted by Crippen LogP contribution is 2.27. The number of hydrogen-bond acceptors (Lipinski definition) is 4. The fourth-order valence-electron chi connectivity index (χ4n) is 3.74. The lowest BCUT2D eigenvalue weighted by Crippen LogP contribution is -2.53. The van der Waals surface area contributed by atoms with Crippen LogP contribution >= 0.6 is 11.3 Å². The summed E-state index contributed by atoms with van der Waals surface area (Å²) < 4.78 is 0. The lowest BCUT2D eigenvalue weighted by atomic mass is 10.1. The maximum absolute atomic E-state index is 12.6. The van der Waals surface area contributed by atoms with E-state index in [1.807, 2.05) is 11.0 Å². The summed E-state index contributed by atoms with van der Waals surface area (Å²) in [6.45, 7) is 7.56. The molecule has 1 aliphatic heterocycles. The average Bonchev–Trinajstić information content (AvgIpc) is 3.12. The van der Waals surface area contributed by atoms with Crippen LogP contribution in [-0.4, -0.2) is 59.1 Å². The van der Waals surface area contributed by atoms with Crippen molar-refractivity contribution in [3.8, 4) is 0 Å². The van der Waals surface area contributed by atoms with Crippen LogP contribution in [0.3, 0.4) is 0 Å². The van der Waals surface area contributed by atoms with Crippen LogP contribution in [0.2, 0.25) is 0 Å². The second kappa shape index (κ2) is 6.69. The summed E-state index contributed by atoms with van der Waals surface area (Å²) in [6.07, 6.45) is 3.97. The molecular formula is C17H26N2O2S. The number of thiophene rings is 1. The van der Waals surface area contributed by atoms with Crippen molar-refractivity contribution < 1.29 is 9.90 Å². The molecule has 2 fully saturated rings. The summed E-state index contributed by atoms with van der Waals surface area (Å²) in [7, 11) is 0. The first kappa shape index (κ1) is 16.0. The zero-order valence-electron chi connectivity index (χ0n) is 13.5. The number of aliphatic hydroxyl groups is 1. The van der Waals surface area contributed by atoms with Crippen LogP contribution in [0.5, 0.6) is 0 Å². The van der Waals surface area contributed by atoms with Gasteiger partial charge in [-0.05, 0) is 44.2 Å². The third kappa shape index (κ3) is 3.07. The smallest absolute Gasteiger partial charge is 0.264 e. The van der Waals surface area contributed by atoms with Gasteiger partial charge in [0, 0.05) is 37.1 Å². The molecule has 2 atom stereocenters. The molecule has 2 aliphatic rings. The summed E-state index contributed by atoms with van der Waals surface area (Å²) in [5.41, 5.74) is 1.24. The molecule has 1 N–H and O–H groups in total. The fraction of sp³-hybridized carbons (Fsp3) is 0.706. The topological polar surface area (TPSA) is 43.8 Å². The number of hydrogen-bond donors (Lipinski definition) is 1. The van der Waals surface area contributed by atoms with Gasteiger partial charge in [0.15, 0.2) is 0 Å². The summed E-state index contributed by atoms with van der Waals surface area (Å²) in [4.78, 5) is 19.2. The van der Waals surface area contributed by atoms with Gasteiger partial charge in [-0.1, -0.05) is 6.92 Å². The minimum Gasteiger partial charge on any atom is -0.391 e. The van der Waals surface area contributed by atoms with Crippen molar-refractivity contribution in [1.29, 1.82) is 0 Å². The summed E-state index contributed by atoms with van der Waals surface area (Å²) >= 11 is 1.64. The molecule has 2 heterocycles. The Morgan fingerprint density at radius 3 is 2.59 bits per heavy atom. The van der Waals surface area contributed by atoms with Crippen LogP contribution in [0.1, 0.15) is 46.3 Å². The van der Waals surface area contributed by atoms with Crippen LogP contribution in [0, 0.1) is 6.92 Å². The SMILES string of the molecule is CCc1sc(C(=O)N2CCN([C@H]3CCC[C@@H]3O)CC2)cc1C. The van der Waals surface area contributed by atoms with Crippen molar-refractivity contribution in [1.82, 2.24) is 9.80 Å². The van der Waals surface area contributed by atoms with Gasteiger partial charge in [-0.3, -0.25) is 9.69 Å². The summed E-state index contributed by atoms with van der Waals surface area (Å²) in [6, 6.07) is 2.35. The highest BCUT2D eigenvalue weighted by molar-refractivity contribution is 7.14. The monoisotopic (exact) mass is 322 g/mol. The largest absolute Gasteiger partial charge is 0.391 e. The van der Waals surface area contributed by atoms with Crippen molar-refractivity contribution in [2.75, 3.05) is 26.2 Å². The molecule has 0 unspecified atom stereocenters. The Bertz CT molecular complexity index is 535. The van der Waals surface area contributed by atoms with E-state index in [1.54, 1.807) is 11.3 Å². The molecule has 0 aromatic carbocycles. The van der Waals surface area contributed by atoms with Crippen LogP contribution in [0.25, 0.3) is 0 Å². The van der Waals surface area contributed by atoms with Crippen molar-refractivity contribution in [2.24, 2.45) is 0 Å². The molecule has 122 valence electrons. The molecule has 1 saturated carbocycles. The first-order valence-corrected chi connectivity index (χ1v) is 9.22. The molecule has 1 amide bonds. The molecule has 1 aromatic rings. The number of aliphatic hydroxyl groups excluding tert-OH is 1. The van der Waals surface area contributed by atoms with Gasteiger partial charge in [-0.15, -0.1) is 11.3 Å². The summed E-state index contributed by atoms with van der Waals surface area (Å²) in [5, 5.41) is 10.0. The quantitative estimate of drug-likeness (QED) is 0.928. The van der Waals surface area contributed by atoms with Gasteiger partial charge in [0.05, 0.1) is 11.0 Å². The lowest BCUT2D eigenvalue weighted by molar-refractivity contribution is 0.0318. The Kier molecular flexibility index (Phi) is 4.85. The molecular weight excluding hydrogens is 296 g/mol. The molecule has 0 bridgehead atoms. The Morgan fingerprint density at radius 2 is 2.05 bits per heavy atom. The van der Waals surface area contributed by atoms with Gasteiger partial charge in [-0.25, -0.2) is 0 Å². The van der Waals surface area contributed by atoms with E-state index in [0.717, 1.165) is 56.7 Å². The predicted molar refractivity (Wildman–Crippen MR) is 89.6 cm³/mol. The second-order valence-corrected chi connectivity index (χ2v) is 7.60. The molecule has 0 spiro atoms. The van der Waals surface area contributed by atoms with Gasteiger partial charge in [-0.2, -0.15) is 0 Å². The predicted octanol–water partition coefficient (Wildman–Crippen LogP) is 2.29. The van der Waals surface area contributed by atoms with E-state index in [1.165, 1.54) is 10.4 Å². The average molecular weight is 322 g/mol. The number of amides is 1. The van der Waals surface area contributed by atoms with E-state index in [2.05, 4.69) is 18.7 Å². The van der Waals surface area contributed by atoms with E-state index in [-0.39, 0.29) is 12.0 Å². The van der Waals surface area contributed by atoms with Crippen molar-refractivity contribution >= 4 is 17.2 Å². The number of aryl methyl sites for hydroxylation is 2. The third-order valence-electron chi connectivity index (χ3n) is 5.07. The third-order valence-corrected chi connectivity index (χ3v) is 6.44. The second-order valence-electron chi connectivity index (χ2n) is 6.46. The number of nitrogens with zero attached hydrogens (tertiary/aromatic N) is 2. The molecule has 22 heavy (non-hydrogen) atoms. The van der Waals surface area contributed by atoms with E-state index < -0.39 is 0 Å². The van der Waals surface area contributed by atoms with Crippen molar-refractivity contribution in [3.05, 3.63) is 21.4 Å². The zero-order chi connectivity index (χ0) is 15.7. The summed E-state index contributed by atoms with van der Waals surface area (Å²) in [5.74, 6) is 0.180. The minimum atomic E-state index is -0.172. The van der Waals surface area contributed by atoms with E-state index in [4.69, 9.17) is 0 Å². The van der Waals surface area contributed by atoms with Gasteiger partial charge >= 0.3 is 0 Å². The number of rotatable bonds is 3. The number of carbonyl (C=O) groups excluding carboxylic acids is 1. The maximum Gasteiger partial charge on any atom is 0.264 e. The van der Waals surface area contributed by atoms with E-state index in [0.29, 0.717) is 6.04 Å². The Hall–Kier alpha value is -0.910. The van der Waals surface area contributed by atoms with Crippen LogP contribution < -0.4 is 0 Å². The molecule has 1 saturated heterocycles. The molecule has 0 radical (unpaired) electrons. The number of piperazine rings is 1. The first-order valence-electron chi connectivity index (χ1n) is 8.41. The first-order chi connectivity index (χ1) is 10.6. The number of carbonyl (C=O) groups is 1. The Labute approximate surface area is 136 Å². The van der Waals surface area contributed by atoms with Gasteiger partial charge in [0.2, 0.25) is 0 Å². The standard InChI is InChI=1S/C17H26N2O2S/c1-3-15-12(2)11-16(22-15)17(21)19-9-7-18(8-10-19)13-5-4-6-14(13)20/h11,13-14,20H,3-10H2,1-2H3/t13-,14-/m0/s1. The van der Waals surface area contributed by atoms with E-state index >= 15 is 0 Å². The zero-order valence-corrected chi connectivity index (χ0v) is 14.4. The Morgan fingerprint density at radius 1 is 1.32 bits per heavy atom. The molecule has 1 aliphatic carbocycles. The van der Waals surface area contributed by atoms with E-state index in [9.17, 15) is 9.90 Å². The molecule has 5 heteroatoms. The Balaban J connectivity index is 1.59. The van der Waals surface area contributed by atoms with Gasteiger partial charge < -0.3 is 10.0 Å². The minimum absolute atomic E-state index is 0.172. The van der Waals surface area contributed by atoms with Crippen LogP contribution in [0.4, 0.5) is 0 Å². The lowest BCUT2D eigenvalue weighted by Gasteiger charge is -2.39. The highest BCUT2D eigenvalue weighted by Gasteiger charge is 2.33. The van der Waals surface area contributed by atoms with Crippen molar-refractivity contribution in [2.45, 2.75) is 51.7 Å². The molecule has 3 rings (SSSR count). The van der Waals surface area contributed by atoms with Crippen LogP contribution in [0.15, 0.2) is 6.07 Å². The van der Waals surface area contributed by atoms with Gasteiger partial charge in [0.25, 0.3) is 5.91 Å². The fourth-order valence-corrected chi connectivity index (χ4v) is 4.82. The maximum atomic E-state index is 12.6.